The smallest absolute Gasteiger partial charge is 0.221 e. The summed E-state index contributed by atoms with van der Waals surface area (Å²) in [7, 11) is 0. The van der Waals surface area contributed by atoms with Gasteiger partial charge in [-0.3, -0.25) is 4.79 Å². The molecule has 0 aliphatic carbocycles. The highest BCUT2D eigenvalue weighted by atomic mass is 35.5. The molecular formula is C27H30ClN3O. The minimum Gasteiger partial charge on any atom is -0.367 e. The first-order valence-corrected chi connectivity index (χ1v) is 11.6. The van der Waals surface area contributed by atoms with Crippen LogP contribution in [0.2, 0.25) is 5.02 Å². The van der Waals surface area contributed by atoms with Crippen molar-refractivity contribution in [2.45, 2.75) is 19.9 Å². The van der Waals surface area contributed by atoms with Gasteiger partial charge in [-0.05, 0) is 72.8 Å². The summed E-state index contributed by atoms with van der Waals surface area (Å²) in [6, 6.07) is 26.8. The Kier molecular flexibility index (Phi) is 7.46. The molecular weight excluding hydrogens is 418 g/mol. The number of carbonyl (C=O) groups excluding carboxylic acids is 1. The monoisotopic (exact) mass is 447 g/mol. The summed E-state index contributed by atoms with van der Waals surface area (Å²) in [5.41, 5.74) is 4.49. The van der Waals surface area contributed by atoms with Crippen molar-refractivity contribution >= 4 is 28.9 Å². The molecule has 2 N–H and O–H groups in total. The van der Waals surface area contributed by atoms with E-state index in [4.69, 9.17) is 11.6 Å². The summed E-state index contributed by atoms with van der Waals surface area (Å²) < 4.78 is 0. The van der Waals surface area contributed by atoms with Crippen molar-refractivity contribution in [1.29, 1.82) is 0 Å². The van der Waals surface area contributed by atoms with Gasteiger partial charge in [-0.25, -0.2) is 0 Å². The highest BCUT2D eigenvalue weighted by molar-refractivity contribution is 6.30. The molecule has 3 aromatic rings. The lowest BCUT2D eigenvalue weighted by Crippen LogP contribution is -2.33. The van der Waals surface area contributed by atoms with Gasteiger partial charge >= 0.3 is 0 Å². The average molecular weight is 448 g/mol. The molecule has 1 heterocycles. The number of anilines is 2. The Hall–Kier alpha value is -2.82. The Labute approximate surface area is 195 Å². The van der Waals surface area contributed by atoms with E-state index in [-0.39, 0.29) is 5.91 Å². The number of hydrogen-bond acceptors (Lipinski definition) is 3. The fraction of sp³-hybridized carbons (Fsp3) is 0.296. The van der Waals surface area contributed by atoms with Crippen molar-refractivity contribution < 1.29 is 4.79 Å². The molecule has 1 fully saturated rings. The molecule has 3 aromatic carbocycles. The van der Waals surface area contributed by atoms with Crippen LogP contribution in [-0.4, -0.2) is 25.5 Å². The number of nitrogens with one attached hydrogen (secondary N) is 2. The van der Waals surface area contributed by atoms with Crippen molar-refractivity contribution in [3.63, 3.8) is 0 Å². The van der Waals surface area contributed by atoms with Crippen LogP contribution in [0.5, 0.6) is 0 Å². The minimum atomic E-state index is -0.0570. The zero-order chi connectivity index (χ0) is 22.3. The summed E-state index contributed by atoms with van der Waals surface area (Å²) in [5.74, 6) is 1.05. The summed E-state index contributed by atoms with van der Waals surface area (Å²) in [5, 5.41) is 7.31. The Morgan fingerprint density at radius 2 is 1.66 bits per heavy atom. The van der Waals surface area contributed by atoms with Crippen LogP contribution >= 0.6 is 11.6 Å². The van der Waals surface area contributed by atoms with Crippen molar-refractivity contribution in [3.8, 4) is 0 Å². The first kappa shape index (κ1) is 22.4. The van der Waals surface area contributed by atoms with Gasteiger partial charge in [0.05, 0.1) is 0 Å². The second-order valence-electron chi connectivity index (χ2n) is 8.56. The van der Waals surface area contributed by atoms with E-state index in [0.29, 0.717) is 18.4 Å². The van der Waals surface area contributed by atoms with E-state index in [1.165, 1.54) is 5.56 Å². The quantitative estimate of drug-likeness (QED) is 0.487. The molecule has 2 atom stereocenters. The maximum atomic E-state index is 11.7. The summed E-state index contributed by atoms with van der Waals surface area (Å²) in [4.78, 5) is 14.1. The number of hydrogen-bond donors (Lipinski definition) is 2. The number of benzene rings is 3. The summed E-state index contributed by atoms with van der Waals surface area (Å²) in [6.07, 6.45) is 1.08. The molecule has 0 spiro atoms. The lowest BCUT2D eigenvalue weighted by Gasteiger charge is -2.31. The maximum Gasteiger partial charge on any atom is 0.221 e. The number of para-hydroxylation sites is 1. The molecule has 0 bridgehead atoms. The predicted octanol–water partition coefficient (Wildman–Crippen LogP) is 5.38. The third-order valence-electron chi connectivity index (χ3n) is 6.16. The van der Waals surface area contributed by atoms with Crippen LogP contribution in [0.1, 0.15) is 18.1 Å². The Morgan fingerprint density at radius 3 is 2.41 bits per heavy atom. The van der Waals surface area contributed by atoms with Crippen molar-refractivity contribution in [1.82, 2.24) is 5.32 Å². The lowest BCUT2D eigenvalue weighted by molar-refractivity contribution is -0.114. The molecule has 0 unspecified atom stereocenters. The summed E-state index contributed by atoms with van der Waals surface area (Å²) in [6.45, 7) is 5.24. The van der Waals surface area contributed by atoms with Gasteiger partial charge in [0.1, 0.15) is 0 Å². The molecule has 1 aliphatic heterocycles. The van der Waals surface area contributed by atoms with E-state index in [1.54, 1.807) is 6.92 Å². The van der Waals surface area contributed by atoms with Crippen molar-refractivity contribution in [2.75, 3.05) is 29.9 Å². The number of amides is 1. The normalized spacial score (nSPS) is 17.8. The SMILES string of the molecule is CC(=O)Nc1ccccc1CN(C[C@H]1CNC[C@@H]1Cc1ccccc1)c1ccc(Cl)cc1. The molecule has 32 heavy (non-hydrogen) atoms. The molecule has 0 saturated carbocycles. The molecule has 1 saturated heterocycles. The third kappa shape index (κ3) is 5.90. The zero-order valence-electron chi connectivity index (χ0n) is 18.4. The molecule has 0 radical (unpaired) electrons. The largest absolute Gasteiger partial charge is 0.367 e. The van der Waals surface area contributed by atoms with E-state index in [1.807, 2.05) is 30.3 Å². The van der Waals surface area contributed by atoms with Crippen LogP contribution in [0.15, 0.2) is 78.9 Å². The van der Waals surface area contributed by atoms with Crippen LogP contribution in [0.4, 0.5) is 11.4 Å². The molecule has 4 rings (SSSR count). The number of carbonyl (C=O) groups is 1. The third-order valence-corrected chi connectivity index (χ3v) is 6.41. The van der Waals surface area contributed by atoms with Crippen LogP contribution < -0.4 is 15.5 Å². The van der Waals surface area contributed by atoms with Crippen molar-refractivity contribution in [2.24, 2.45) is 11.8 Å². The molecule has 166 valence electrons. The van der Waals surface area contributed by atoms with E-state index >= 15 is 0 Å². The molecule has 5 heteroatoms. The van der Waals surface area contributed by atoms with E-state index in [9.17, 15) is 4.79 Å². The Balaban J connectivity index is 1.56. The predicted molar refractivity (Wildman–Crippen MR) is 133 cm³/mol. The van der Waals surface area contributed by atoms with Gasteiger partial charge in [-0.2, -0.15) is 0 Å². The van der Waals surface area contributed by atoms with Gasteiger partial charge in [0.15, 0.2) is 0 Å². The first-order valence-electron chi connectivity index (χ1n) is 11.2. The second kappa shape index (κ2) is 10.7. The van der Waals surface area contributed by atoms with Crippen LogP contribution in [0, 0.1) is 11.8 Å². The molecule has 1 aliphatic rings. The molecule has 4 nitrogen and oxygen atoms in total. The van der Waals surface area contributed by atoms with Gasteiger partial charge in [0.2, 0.25) is 5.91 Å². The van der Waals surface area contributed by atoms with Crippen LogP contribution in [-0.2, 0) is 17.8 Å². The van der Waals surface area contributed by atoms with Gasteiger partial charge in [0.25, 0.3) is 0 Å². The van der Waals surface area contributed by atoms with Gasteiger partial charge < -0.3 is 15.5 Å². The highest BCUT2D eigenvalue weighted by Crippen LogP contribution is 2.28. The topological polar surface area (TPSA) is 44.4 Å². The minimum absolute atomic E-state index is 0.0570. The van der Waals surface area contributed by atoms with Crippen molar-refractivity contribution in [3.05, 3.63) is 95.0 Å². The number of nitrogens with zero attached hydrogens (tertiary/aromatic N) is 1. The number of rotatable bonds is 8. The first-order chi connectivity index (χ1) is 15.6. The van der Waals surface area contributed by atoms with E-state index in [2.05, 4.69) is 64.1 Å². The standard InChI is InChI=1S/C27H30ClN3O/c1-20(32)30-27-10-6-5-9-22(27)18-31(26-13-11-25(28)12-14-26)19-24-17-29-16-23(24)15-21-7-3-2-4-8-21/h2-14,23-24,29H,15-19H2,1H3,(H,30,32)/t23-,24+/m0/s1. The summed E-state index contributed by atoms with van der Waals surface area (Å²) >= 11 is 6.17. The zero-order valence-corrected chi connectivity index (χ0v) is 19.2. The van der Waals surface area contributed by atoms with Gasteiger partial charge in [0, 0.05) is 36.4 Å². The van der Waals surface area contributed by atoms with Crippen LogP contribution in [0.25, 0.3) is 0 Å². The Morgan fingerprint density at radius 1 is 0.969 bits per heavy atom. The average Bonchev–Trinajstić information content (AvgIpc) is 3.22. The van der Waals surface area contributed by atoms with E-state index < -0.39 is 0 Å². The van der Waals surface area contributed by atoms with Crippen LogP contribution in [0.3, 0.4) is 0 Å². The second-order valence-corrected chi connectivity index (χ2v) is 9.00. The molecule has 0 aromatic heterocycles. The maximum absolute atomic E-state index is 11.7. The highest BCUT2D eigenvalue weighted by Gasteiger charge is 2.29. The fourth-order valence-electron chi connectivity index (χ4n) is 4.53. The fourth-order valence-corrected chi connectivity index (χ4v) is 4.65. The lowest BCUT2D eigenvalue weighted by atomic mass is 9.89. The van der Waals surface area contributed by atoms with Gasteiger partial charge in [-0.1, -0.05) is 60.1 Å². The Bertz CT molecular complexity index is 1020. The molecule has 1 amide bonds. The van der Waals surface area contributed by atoms with Gasteiger partial charge in [-0.15, -0.1) is 0 Å². The van der Waals surface area contributed by atoms with E-state index in [0.717, 1.165) is 48.0 Å². The number of halogens is 1.